The van der Waals surface area contributed by atoms with Gasteiger partial charge in [-0.1, -0.05) is 147 Å². The SMILES string of the molecule is CCCCCCCCCCCCCC(=O)OCC(COC(=O)CCn1cc(CCC(=O)CCSC)nn1)OC(=O)CCCCCCCCCCCCC. The first-order valence-electron chi connectivity index (χ1n) is 21.3. The highest BCUT2D eigenvalue weighted by Crippen LogP contribution is 2.14. The lowest BCUT2D eigenvalue weighted by Crippen LogP contribution is -2.31. The van der Waals surface area contributed by atoms with Gasteiger partial charge in [-0.05, 0) is 31.3 Å². The Labute approximate surface area is 326 Å². The van der Waals surface area contributed by atoms with Gasteiger partial charge in [-0.2, -0.15) is 11.8 Å². The molecule has 0 spiro atoms. The maximum Gasteiger partial charge on any atom is 0.307 e. The molecule has 1 rings (SSSR count). The second-order valence-corrected chi connectivity index (χ2v) is 15.5. The van der Waals surface area contributed by atoms with Crippen molar-refractivity contribution in [1.29, 1.82) is 0 Å². The highest BCUT2D eigenvalue weighted by molar-refractivity contribution is 7.98. The van der Waals surface area contributed by atoms with Crippen molar-refractivity contribution >= 4 is 35.5 Å². The number of thioether (sulfide) groups is 1. The summed E-state index contributed by atoms with van der Waals surface area (Å²) in [6.07, 6.45) is 31.3. The molecule has 0 aromatic carbocycles. The van der Waals surface area contributed by atoms with Gasteiger partial charge in [-0.15, -0.1) is 5.10 Å². The normalized spacial score (nSPS) is 11.8. The van der Waals surface area contributed by atoms with Gasteiger partial charge in [0.1, 0.15) is 19.0 Å². The van der Waals surface area contributed by atoms with Crippen molar-refractivity contribution in [3.8, 4) is 0 Å². The molecule has 1 heterocycles. The van der Waals surface area contributed by atoms with E-state index in [1.165, 1.54) is 103 Å². The molecular formula is C42H75N3O7S. The van der Waals surface area contributed by atoms with Crippen molar-refractivity contribution in [2.75, 3.05) is 25.2 Å². The molecule has 0 aliphatic carbocycles. The van der Waals surface area contributed by atoms with Gasteiger partial charge in [-0.3, -0.25) is 23.9 Å². The Morgan fingerprint density at radius 1 is 0.604 bits per heavy atom. The lowest BCUT2D eigenvalue weighted by atomic mass is 10.1. The molecule has 1 atom stereocenters. The minimum Gasteiger partial charge on any atom is -0.462 e. The number of Topliss-reactive ketones (excluding diaryl/α,β-unsaturated/α-hetero) is 1. The summed E-state index contributed by atoms with van der Waals surface area (Å²) in [6, 6.07) is 0. The van der Waals surface area contributed by atoms with E-state index in [4.69, 9.17) is 14.2 Å². The van der Waals surface area contributed by atoms with E-state index in [0.29, 0.717) is 31.4 Å². The molecule has 0 bridgehead atoms. The summed E-state index contributed by atoms with van der Waals surface area (Å²) in [4.78, 5) is 49.8. The Hall–Kier alpha value is -2.43. The van der Waals surface area contributed by atoms with Crippen molar-refractivity contribution in [3.05, 3.63) is 11.9 Å². The first kappa shape index (κ1) is 48.6. The Bertz CT molecular complexity index is 1070. The molecule has 306 valence electrons. The molecule has 0 saturated carbocycles. The minimum absolute atomic E-state index is 0.0491. The van der Waals surface area contributed by atoms with Crippen LogP contribution in [0, 0.1) is 0 Å². The summed E-state index contributed by atoms with van der Waals surface area (Å²) in [5.41, 5.74) is 0.704. The molecule has 0 aliphatic rings. The number of carbonyl (C=O) groups excluding carboxylic acids is 4. The molecule has 1 aromatic rings. The number of esters is 3. The van der Waals surface area contributed by atoms with Crippen molar-refractivity contribution < 1.29 is 33.4 Å². The van der Waals surface area contributed by atoms with Gasteiger partial charge in [0, 0.05) is 31.9 Å². The molecule has 10 nitrogen and oxygen atoms in total. The molecule has 0 N–H and O–H groups in total. The number of carbonyl (C=O) groups is 4. The summed E-state index contributed by atoms with van der Waals surface area (Å²) < 4.78 is 18.1. The van der Waals surface area contributed by atoms with Gasteiger partial charge in [0.05, 0.1) is 18.7 Å². The topological polar surface area (TPSA) is 127 Å². The number of aryl methyl sites for hydroxylation is 2. The lowest BCUT2D eigenvalue weighted by molar-refractivity contribution is -0.167. The van der Waals surface area contributed by atoms with E-state index < -0.39 is 12.1 Å². The third-order valence-electron chi connectivity index (χ3n) is 9.50. The molecule has 53 heavy (non-hydrogen) atoms. The second kappa shape index (κ2) is 35.3. The first-order valence-corrected chi connectivity index (χ1v) is 22.7. The van der Waals surface area contributed by atoms with Gasteiger partial charge < -0.3 is 14.2 Å². The van der Waals surface area contributed by atoms with Crippen LogP contribution < -0.4 is 0 Å². The average Bonchev–Trinajstić information content (AvgIpc) is 3.62. The van der Waals surface area contributed by atoms with E-state index in [1.807, 2.05) is 6.26 Å². The van der Waals surface area contributed by atoms with Crippen LogP contribution in [0.5, 0.6) is 0 Å². The van der Waals surface area contributed by atoms with Crippen LogP contribution in [-0.4, -0.2) is 70.0 Å². The van der Waals surface area contributed by atoms with Crippen LogP contribution in [0.25, 0.3) is 0 Å². The van der Waals surface area contributed by atoms with E-state index in [9.17, 15) is 19.2 Å². The van der Waals surface area contributed by atoms with Gasteiger partial charge in [0.25, 0.3) is 0 Å². The number of nitrogens with zero attached hydrogens (tertiary/aromatic N) is 3. The van der Waals surface area contributed by atoms with Crippen molar-refractivity contribution in [2.45, 2.75) is 206 Å². The maximum absolute atomic E-state index is 12.7. The van der Waals surface area contributed by atoms with Crippen LogP contribution in [-0.2, 0) is 46.4 Å². The standard InChI is InChI=1S/C42H75N3O7S/c1-4-6-8-10-12-14-16-18-20-22-24-26-40(47)50-35-39(52-42(49)27-25-23-21-19-17-15-13-11-9-7-5-2)36-51-41(48)30-32-45-34-37(43-44-45)28-29-38(46)31-33-53-3/h34,39H,4-33,35-36H2,1-3H3. The van der Waals surface area contributed by atoms with Gasteiger partial charge in [0.15, 0.2) is 6.10 Å². The number of hydrogen-bond acceptors (Lipinski definition) is 10. The van der Waals surface area contributed by atoms with Gasteiger partial charge in [0.2, 0.25) is 0 Å². The molecule has 1 unspecified atom stereocenters. The van der Waals surface area contributed by atoms with Crippen LogP contribution in [0.2, 0.25) is 0 Å². The number of aromatic nitrogens is 3. The fraction of sp³-hybridized carbons (Fsp3) is 0.857. The monoisotopic (exact) mass is 766 g/mol. The van der Waals surface area contributed by atoms with Crippen LogP contribution in [0.4, 0.5) is 0 Å². The summed E-state index contributed by atoms with van der Waals surface area (Å²) in [5.74, 6) is -0.161. The Morgan fingerprint density at radius 2 is 1.06 bits per heavy atom. The van der Waals surface area contributed by atoms with Crippen molar-refractivity contribution in [1.82, 2.24) is 15.0 Å². The number of hydrogen-bond donors (Lipinski definition) is 0. The first-order chi connectivity index (χ1) is 25.9. The Kier molecular flexibility index (Phi) is 32.3. The molecule has 1 aromatic heterocycles. The molecule has 11 heteroatoms. The van der Waals surface area contributed by atoms with E-state index in [2.05, 4.69) is 24.2 Å². The third-order valence-corrected chi connectivity index (χ3v) is 10.1. The van der Waals surface area contributed by atoms with Crippen LogP contribution in [0.3, 0.4) is 0 Å². The number of ether oxygens (including phenoxy) is 3. The molecule has 0 aliphatic heterocycles. The van der Waals surface area contributed by atoms with E-state index in [1.54, 1.807) is 22.6 Å². The molecule has 0 saturated heterocycles. The van der Waals surface area contributed by atoms with Crippen molar-refractivity contribution in [3.63, 3.8) is 0 Å². The zero-order chi connectivity index (χ0) is 38.6. The van der Waals surface area contributed by atoms with Crippen LogP contribution in [0.1, 0.15) is 193 Å². The molecular weight excluding hydrogens is 691 g/mol. The third kappa shape index (κ3) is 30.6. The van der Waals surface area contributed by atoms with E-state index in [0.717, 1.165) is 44.3 Å². The quantitative estimate of drug-likeness (QED) is 0.0365. The molecule has 0 radical (unpaired) electrons. The average molecular weight is 766 g/mol. The van der Waals surface area contributed by atoms with E-state index in [-0.39, 0.29) is 50.3 Å². The molecule has 0 amide bonds. The fourth-order valence-electron chi connectivity index (χ4n) is 6.12. The number of ketones is 1. The summed E-state index contributed by atoms with van der Waals surface area (Å²) in [7, 11) is 0. The minimum atomic E-state index is -0.859. The number of unbranched alkanes of at least 4 members (excludes halogenated alkanes) is 20. The predicted molar refractivity (Wildman–Crippen MR) is 215 cm³/mol. The maximum atomic E-state index is 12.7. The van der Waals surface area contributed by atoms with Gasteiger partial charge >= 0.3 is 17.9 Å². The summed E-state index contributed by atoms with van der Waals surface area (Å²) in [6.45, 7) is 4.42. The van der Waals surface area contributed by atoms with Crippen molar-refractivity contribution in [2.24, 2.45) is 0 Å². The Morgan fingerprint density at radius 3 is 1.55 bits per heavy atom. The Balaban J connectivity index is 2.42. The lowest BCUT2D eigenvalue weighted by Gasteiger charge is -2.18. The second-order valence-electron chi connectivity index (χ2n) is 14.6. The number of rotatable bonds is 38. The predicted octanol–water partition coefficient (Wildman–Crippen LogP) is 10.3. The van der Waals surface area contributed by atoms with Gasteiger partial charge in [-0.25, -0.2) is 0 Å². The zero-order valence-corrected chi connectivity index (χ0v) is 34.7. The molecule has 0 fully saturated rings. The zero-order valence-electron chi connectivity index (χ0n) is 33.9. The summed E-state index contributed by atoms with van der Waals surface area (Å²) >= 11 is 1.65. The highest BCUT2D eigenvalue weighted by atomic mass is 32.2. The van der Waals surface area contributed by atoms with Crippen LogP contribution in [0.15, 0.2) is 6.20 Å². The summed E-state index contributed by atoms with van der Waals surface area (Å²) in [5, 5.41) is 8.17. The smallest absolute Gasteiger partial charge is 0.307 e. The fourth-order valence-corrected chi connectivity index (χ4v) is 6.55. The van der Waals surface area contributed by atoms with E-state index >= 15 is 0 Å². The highest BCUT2D eigenvalue weighted by Gasteiger charge is 2.20. The van der Waals surface area contributed by atoms with Crippen LogP contribution >= 0.6 is 11.8 Å². The largest absolute Gasteiger partial charge is 0.462 e.